The van der Waals surface area contributed by atoms with Gasteiger partial charge in [0.25, 0.3) is 5.91 Å². The fourth-order valence-electron chi connectivity index (χ4n) is 4.90. The average Bonchev–Trinajstić information content (AvgIpc) is 2.85. The number of amides is 1. The van der Waals surface area contributed by atoms with Gasteiger partial charge in [0.1, 0.15) is 5.69 Å². The SMILES string of the molecule is O=Nc1ccc2c(c1)CCc1nc(NC(=O)c3ccccc3)c(CC3CCCCC3)nc1-2. The minimum absolute atomic E-state index is 0.164. The Morgan fingerprint density at radius 1 is 1.00 bits per heavy atom. The van der Waals surface area contributed by atoms with Gasteiger partial charge in [0.15, 0.2) is 5.82 Å². The van der Waals surface area contributed by atoms with Crippen molar-refractivity contribution in [1.29, 1.82) is 0 Å². The molecular weight excluding hydrogens is 400 g/mol. The number of hydrogen-bond donors (Lipinski definition) is 1. The van der Waals surface area contributed by atoms with Crippen LogP contribution in [-0.2, 0) is 19.3 Å². The van der Waals surface area contributed by atoms with Gasteiger partial charge in [0.05, 0.1) is 17.1 Å². The third-order valence-electron chi connectivity index (χ3n) is 6.60. The molecule has 2 aromatic carbocycles. The first-order valence-electron chi connectivity index (χ1n) is 11.4. The summed E-state index contributed by atoms with van der Waals surface area (Å²) in [7, 11) is 0. The van der Waals surface area contributed by atoms with Crippen LogP contribution in [0.5, 0.6) is 0 Å². The predicted octanol–water partition coefficient (Wildman–Crippen LogP) is 6.02. The summed E-state index contributed by atoms with van der Waals surface area (Å²) in [6.45, 7) is 0. The highest BCUT2D eigenvalue weighted by atomic mass is 16.3. The van der Waals surface area contributed by atoms with Crippen molar-refractivity contribution in [3.63, 3.8) is 0 Å². The molecule has 1 aromatic heterocycles. The van der Waals surface area contributed by atoms with Crippen molar-refractivity contribution >= 4 is 17.4 Å². The normalized spacial score (nSPS) is 15.5. The fraction of sp³-hybridized carbons (Fsp3) is 0.346. The summed E-state index contributed by atoms with van der Waals surface area (Å²) in [5, 5.41) is 6.11. The van der Waals surface area contributed by atoms with Crippen LogP contribution in [0.1, 0.15) is 59.4 Å². The van der Waals surface area contributed by atoms with Crippen LogP contribution in [0.3, 0.4) is 0 Å². The monoisotopic (exact) mass is 426 g/mol. The number of nitrogens with one attached hydrogen (secondary N) is 1. The van der Waals surface area contributed by atoms with Crippen molar-refractivity contribution in [2.24, 2.45) is 11.1 Å². The highest BCUT2D eigenvalue weighted by molar-refractivity contribution is 6.04. The van der Waals surface area contributed by atoms with Gasteiger partial charge >= 0.3 is 0 Å². The molecule has 0 radical (unpaired) electrons. The van der Waals surface area contributed by atoms with Crippen LogP contribution in [0, 0.1) is 10.8 Å². The van der Waals surface area contributed by atoms with Crippen molar-refractivity contribution in [2.45, 2.75) is 51.4 Å². The van der Waals surface area contributed by atoms with E-state index in [1.54, 1.807) is 18.2 Å². The summed E-state index contributed by atoms with van der Waals surface area (Å²) in [6.07, 6.45) is 8.48. The molecule has 5 rings (SSSR count). The van der Waals surface area contributed by atoms with Crippen molar-refractivity contribution in [2.75, 3.05) is 5.32 Å². The minimum Gasteiger partial charge on any atom is -0.305 e. The molecule has 6 heteroatoms. The lowest BCUT2D eigenvalue weighted by Gasteiger charge is -2.24. The quantitative estimate of drug-likeness (QED) is 0.506. The van der Waals surface area contributed by atoms with Crippen LogP contribution in [0.4, 0.5) is 11.5 Å². The van der Waals surface area contributed by atoms with Gasteiger partial charge in [-0.05, 0) is 60.2 Å². The molecule has 1 amide bonds. The Kier molecular flexibility index (Phi) is 5.75. The number of fused-ring (bicyclic) bond motifs is 3. The van der Waals surface area contributed by atoms with Gasteiger partial charge in [-0.1, -0.05) is 56.4 Å². The molecule has 1 fully saturated rings. The van der Waals surface area contributed by atoms with Gasteiger partial charge in [-0.2, -0.15) is 0 Å². The molecule has 0 unspecified atom stereocenters. The maximum atomic E-state index is 12.9. The second kappa shape index (κ2) is 8.99. The van der Waals surface area contributed by atoms with Gasteiger partial charge in [-0.25, -0.2) is 9.97 Å². The van der Waals surface area contributed by atoms with Crippen molar-refractivity contribution in [1.82, 2.24) is 9.97 Å². The summed E-state index contributed by atoms with van der Waals surface area (Å²) < 4.78 is 0. The van der Waals surface area contributed by atoms with E-state index in [2.05, 4.69) is 10.5 Å². The maximum Gasteiger partial charge on any atom is 0.256 e. The number of benzene rings is 2. The van der Waals surface area contributed by atoms with E-state index >= 15 is 0 Å². The molecule has 6 nitrogen and oxygen atoms in total. The van der Waals surface area contributed by atoms with Gasteiger partial charge in [-0.3, -0.25) is 4.79 Å². The van der Waals surface area contributed by atoms with Crippen LogP contribution >= 0.6 is 0 Å². The molecule has 0 aliphatic heterocycles. The first-order chi connectivity index (χ1) is 15.7. The molecule has 0 spiro atoms. The Balaban J connectivity index is 1.53. The van der Waals surface area contributed by atoms with E-state index in [1.807, 2.05) is 30.3 Å². The van der Waals surface area contributed by atoms with Crippen molar-refractivity contribution < 1.29 is 4.79 Å². The summed E-state index contributed by atoms with van der Waals surface area (Å²) in [4.78, 5) is 33.8. The van der Waals surface area contributed by atoms with Gasteiger partial charge < -0.3 is 5.32 Å². The van der Waals surface area contributed by atoms with Crippen molar-refractivity contribution in [3.05, 3.63) is 76.0 Å². The van der Waals surface area contributed by atoms with Gasteiger partial charge in [-0.15, -0.1) is 4.91 Å². The molecular formula is C26H26N4O2. The van der Waals surface area contributed by atoms with Crippen LogP contribution in [-0.4, -0.2) is 15.9 Å². The highest BCUT2D eigenvalue weighted by Gasteiger charge is 2.25. The number of anilines is 1. The van der Waals surface area contributed by atoms with E-state index in [0.29, 0.717) is 23.0 Å². The number of rotatable bonds is 5. The van der Waals surface area contributed by atoms with Gasteiger partial charge in [0.2, 0.25) is 0 Å². The van der Waals surface area contributed by atoms with E-state index in [-0.39, 0.29) is 5.91 Å². The van der Waals surface area contributed by atoms with Gasteiger partial charge in [0, 0.05) is 11.1 Å². The fourth-order valence-corrected chi connectivity index (χ4v) is 4.90. The number of hydrogen-bond acceptors (Lipinski definition) is 5. The van der Waals surface area contributed by atoms with Crippen LogP contribution < -0.4 is 5.32 Å². The Bertz CT molecular complexity index is 1150. The number of nitrogens with zero attached hydrogens (tertiary/aromatic N) is 3. The third-order valence-corrected chi connectivity index (χ3v) is 6.60. The Hall–Kier alpha value is -3.41. The largest absolute Gasteiger partial charge is 0.305 e. The summed E-state index contributed by atoms with van der Waals surface area (Å²) in [5.74, 6) is 0.980. The molecule has 32 heavy (non-hydrogen) atoms. The predicted molar refractivity (Wildman–Crippen MR) is 125 cm³/mol. The molecule has 1 saturated carbocycles. The van der Waals surface area contributed by atoms with Crippen molar-refractivity contribution in [3.8, 4) is 11.3 Å². The van der Waals surface area contributed by atoms with Crippen LogP contribution in [0.15, 0.2) is 53.7 Å². The lowest BCUT2D eigenvalue weighted by atomic mass is 9.85. The second-order valence-corrected chi connectivity index (χ2v) is 8.78. The number of aromatic nitrogens is 2. The standard InChI is InChI=1S/C26H26N4O2/c31-26(18-9-5-2-6-10-18)29-25-23(15-17-7-3-1-4-8-17)27-24-21-13-12-20(30-32)16-19(21)11-14-22(24)28-25/h2,5-6,9-10,12-13,16-17H,1,3-4,7-8,11,14-15H2,(H,28,29,31). The summed E-state index contributed by atoms with van der Waals surface area (Å²) in [6, 6.07) is 14.7. The van der Waals surface area contributed by atoms with Crippen LogP contribution in [0.2, 0.25) is 0 Å². The lowest BCUT2D eigenvalue weighted by Crippen LogP contribution is -2.20. The summed E-state index contributed by atoms with van der Waals surface area (Å²) in [5.41, 5.74) is 5.74. The number of nitroso groups, excluding NO2 is 1. The van der Waals surface area contributed by atoms with E-state index in [1.165, 1.54) is 32.1 Å². The smallest absolute Gasteiger partial charge is 0.256 e. The molecule has 2 aliphatic carbocycles. The lowest BCUT2D eigenvalue weighted by molar-refractivity contribution is 0.102. The van der Waals surface area contributed by atoms with E-state index < -0.39 is 0 Å². The molecule has 0 saturated heterocycles. The Morgan fingerprint density at radius 3 is 2.59 bits per heavy atom. The summed E-state index contributed by atoms with van der Waals surface area (Å²) >= 11 is 0. The molecule has 2 aliphatic rings. The molecule has 0 atom stereocenters. The molecule has 3 aromatic rings. The van der Waals surface area contributed by atoms with E-state index in [0.717, 1.165) is 47.5 Å². The number of carbonyl (C=O) groups is 1. The first kappa shape index (κ1) is 20.5. The maximum absolute atomic E-state index is 12.9. The van der Waals surface area contributed by atoms with E-state index in [9.17, 15) is 9.70 Å². The number of aryl methyl sites for hydroxylation is 2. The average molecular weight is 427 g/mol. The highest BCUT2D eigenvalue weighted by Crippen LogP contribution is 2.36. The third kappa shape index (κ3) is 4.17. The topological polar surface area (TPSA) is 84.3 Å². The second-order valence-electron chi connectivity index (χ2n) is 8.78. The molecule has 1 heterocycles. The van der Waals surface area contributed by atoms with E-state index in [4.69, 9.17) is 9.97 Å². The molecule has 1 N–H and O–H groups in total. The van der Waals surface area contributed by atoms with Crippen LogP contribution in [0.25, 0.3) is 11.3 Å². The zero-order chi connectivity index (χ0) is 21.9. The molecule has 162 valence electrons. The zero-order valence-electron chi connectivity index (χ0n) is 18.0. The Labute approximate surface area is 187 Å². The first-order valence-corrected chi connectivity index (χ1v) is 11.4. The number of carbonyl (C=O) groups excluding carboxylic acids is 1. The zero-order valence-corrected chi connectivity index (χ0v) is 18.0. The Morgan fingerprint density at radius 2 is 1.81 bits per heavy atom. The minimum atomic E-state index is -0.164. The molecule has 0 bridgehead atoms.